The summed E-state index contributed by atoms with van der Waals surface area (Å²) in [4.78, 5) is 12.1. The molecule has 1 aliphatic carbocycles. The highest BCUT2D eigenvalue weighted by molar-refractivity contribution is 5.84. The summed E-state index contributed by atoms with van der Waals surface area (Å²) in [6.07, 6.45) is 5.64. The van der Waals surface area contributed by atoms with E-state index in [1.54, 1.807) is 13.0 Å². The van der Waals surface area contributed by atoms with Gasteiger partial charge < -0.3 is 10.6 Å². The molecule has 1 unspecified atom stereocenters. The molecule has 0 aliphatic heterocycles. The highest BCUT2D eigenvalue weighted by Gasteiger charge is 2.19. The smallest absolute Gasteiger partial charge is 0.242 e. The Morgan fingerprint density at radius 2 is 2.10 bits per heavy atom. The van der Waals surface area contributed by atoms with Gasteiger partial charge in [-0.15, -0.1) is 0 Å². The van der Waals surface area contributed by atoms with E-state index in [2.05, 4.69) is 10.6 Å². The van der Waals surface area contributed by atoms with Crippen LogP contribution in [0.1, 0.15) is 44.6 Å². The predicted molar refractivity (Wildman–Crippen MR) is 79.2 cm³/mol. The summed E-state index contributed by atoms with van der Waals surface area (Å²) < 4.78 is 13.2. The van der Waals surface area contributed by atoms with Gasteiger partial charge >= 0.3 is 0 Å². The molecule has 1 aromatic rings. The van der Waals surface area contributed by atoms with Gasteiger partial charge in [0.15, 0.2) is 0 Å². The molecule has 0 spiro atoms. The van der Waals surface area contributed by atoms with Crippen LogP contribution in [0.2, 0.25) is 0 Å². The molecule has 2 N–H and O–H groups in total. The number of nitriles is 1. The quantitative estimate of drug-likeness (QED) is 0.895. The number of carbonyl (C=O) groups excluding carboxylic acids is 1. The molecule has 1 amide bonds. The van der Waals surface area contributed by atoms with E-state index in [9.17, 15) is 9.18 Å². The molecule has 0 heterocycles. The SMILES string of the molecule is CC(Nc1ccc(F)c(C#N)c1)C(=O)NC1CCCCC1. The number of hydrogen-bond acceptors (Lipinski definition) is 3. The second kappa shape index (κ2) is 7.07. The molecular weight excluding hydrogens is 269 g/mol. The number of anilines is 1. The molecule has 0 saturated heterocycles. The van der Waals surface area contributed by atoms with Crippen LogP contribution < -0.4 is 10.6 Å². The van der Waals surface area contributed by atoms with Crippen molar-refractivity contribution < 1.29 is 9.18 Å². The van der Waals surface area contributed by atoms with Crippen molar-refractivity contribution in [3.05, 3.63) is 29.6 Å². The third-order valence-corrected chi connectivity index (χ3v) is 3.81. The van der Waals surface area contributed by atoms with Gasteiger partial charge in [-0.05, 0) is 38.0 Å². The number of nitrogens with one attached hydrogen (secondary N) is 2. The Labute approximate surface area is 124 Å². The summed E-state index contributed by atoms with van der Waals surface area (Å²) in [6.45, 7) is 1.76. The molecule has 4 nitrogen and oxygen atoms in total. The van der Waals surface area contributed by atoms with Gasteiger partial charge in [0.1, 0.15) is 17.9 Å². The number of carbonyl (C=O) groups is 1. The number of benzene rings is 1. The van der Waals surface area contributed by atoms with E-state index in [1.165, 1.54) is 24.6 Å². The van der Waals surface area contributed by atoms with Crippen LogP contribution in [0.5, 0.6) is 0 Å². The molecule has 0 bridgehead atoms. The first-order chi connectivity index (χ1) is 10.1. The zero-order chi connectivity index (χ0) is 15.2. The Bertz CT molecular complexity index is 547. The topological polar surface area (TPSA) is 64.9 Å². The molecule has 112 valence electrons. The minimum absolute atomic E-state index is 0.0279. The van der Waals surface area contributed by atoms with Crippen LogP contribution in [0.3, 0.4) is 0 Å². The second-order valence-corrected chi connectivity index (χ2v) is 5.52. The Balaban J connectivity index is 1.92. The zero-order valence-corrected chi connectivity index (χ0v) is 12.2. The van der Waals surface area contributed by atoms with E-state index < -0.39 is 11.9 Å². The normalized spacial score (nSPS) is 16.8. The molecule has 1 atom stereocenters. The van der Waals surface area contributed by atoms with Crippen molar-refractivity contribution in [2.45, 2.75) is 51.1 Å². The van der Waals surface area contributed by atoms with Crippen LogP contribution in [-0.4, -0.2) is 18.0 Å². The van der Waals surface area contributed by atoms with E-state index in [0.717, 1.165) is 25.7 Å². The Morgan fingerprint density at radius 1 is 1.38 bits per heavy atom. The molecule has 21 heavy (non-hydrogen) atoms. The van der Waals surface area contributed by atoms with E-state index >= 15 is 0 Å². The largest absolute Gasteiger partial charge is 0.374 e. The van der Waals surface area contributed by atoms with Gasteiger partial charge in [-0.1, -0.05) is 19.3 Å². The highest BCUT2D eigenvalue weighted by Crippen LogP contribution is 2.18. The fourth-order valence-electron chi connectivity index (χ4n) is 2.59. The summed E-state index contributed by atoms with van der Waals surface area (Å²) >= 11 is 0. The lowest BCUT2D eigenvalue weighted by atomic mass is 9.95. The van der Waals surface area contributed by atoms with Crippen molar-refractivity contribution in [2.75, 3.05) is 5.32 Å². The Kier molecular flexibility index (Phi) is 5.15. The summed E-state index contributed by atoms with van der Waals surface area (Å²) in [5.74, 6) is -0.618. The van der Waals surface area contributed by atoms with E-state index in [-0.39, 0.29) is 17.5 Å². The van der Waals surface area contributed by atoms with Gasteiger partial charge in [0.2, 0.25) is 5.91 Å². The lowest BCUT2D eigenvalue weighted by Crippen LogP contribution is -2.44. The Hall–Kier alpha value is -2.09. The molecular formula is C16H20FN3O. The highest BCUT2D eigenvalue weighted by atomic mass is 19.1. The number of hydrogen-bond donors (Lipinski definition) is 2. The number of rotatable bonds is 4. The molecule has 1 aliphatic rings. The minimum Gasteiger partial charge on any atom is -0.374 e. The molecule has 5 heteroatoms. The summed E-state index contributed by atoms with van der Waals surface area (Å²) in [6, 6.07) is 5.80. The maximum Gasteiger partial charge on any atom is 0.242 e. The third-order valence-electron chi connectivity index (χ3n) is 3.81. The monoisotopic (exact) mass is 289 g/mol. The minimum atomic E-state index is -0.553. The third kappa shape index (κ3) is 4.19. The van der Waals surface area contributed by atoms with Crippen molar-refractivity contribution >= 4 is 11.6 Å². The van der Waals surface area contributed by atoms with Crippen LogP contribution in [0, 0.1) is 17.1 Å². The number of amides is 1. The van der Waals surface area contributed by atoms with E-state index in [1.807, 2.05) is 0 Å². The van der Waals surface area contributed by atoms with Gasteiger partial charge in [0.05, 0.1) is 5.56 Å². The maximum atomic E-state index is 13.2. The zero-order valence-electron chi connectivity index (χ0n) is 12.2. The van der Waals surface area contributed by atoms with Crippen LogP contribution in [0.4, 0.5) is 10.1 Å². The molecule has 0 radical (unpaired) electrons. The standard InChI is InChI=1S/C16H20FN3O/c1-11(16(21)20-13-5-3-2-4-6-13)19-14-7-8-15(17)12(9-14)10-18/h7-9,11,13,19H,2-6H2,1H3,(H,20,21). The van der Waals surface area contributed by atoms with Gasteiger partial charge in [0, 0.05) is 11.7 Å². The van der Waals surface area contributed by atoms with Gasteiger partial charge in [-0.2, -0.15) is 5.26 Å². The average Bonchev–Trinajstić information content (AvgIpc) is 2.50. The first-order valence-corrected chi connectivity index (χ1v) is 7.36. The van der Waals surface area contributed by atoms with Crippen molar-refractivity contribution in [1.82, 2.24) is 5.32 Å². The fourth-order valence-corrected chi connectivity index (χ4v) is 2.59. The predicted octanol–water partition coefficient (Wildman–Crippen LogP) is 2.95. The lowest BCUT2D eigenvalue weighted by Gasteiger charge is -2.25. The fraction of sp³-hybridized carbons (Fsp3) is 0.500. The molecule has 1 saturated carbocycles. The first-order valence-electron chi connectivity index (χ1n) is 7.36. The summed E-state index contributed by atoms with van der Waals surface area (Å²) in [5, 5.41) is 14.8. The molecule has 1 aromatic carbocycles. The van der Waals surface area contributed by atoms with Gasteiger partial charge in [-0.25, -0.2) is 4.39 Å². The van der Waals surface area contributed by atoms with Crippen LogP contribution >= 0.6 is 0 Å². The van der Waals surface area contributed by atoms with Crippen molar-refractivity contribution in [1.29, 1.82) is 5.26 Å². The molecule has 1 fully saturated rings. The van der Waals surface area contributed by atoms with Gasteiger partial charge in [0.25, 0.3) is 0 Å². The maximum absolute atomic E-state index is 13.2. The molecule has 0 aromatic heterocycles. The van der Waals surface area contributed by atoms with Crippen LogP contribution in [-0.2, 0) is 4.79 Å². The summed E-state index contributed by atoms with van der Waals surface area (Å²) in [5.41, 5.74) is 0.541. The van der Waals surface area contributed by atoms with Crippen LogP contribution in [0.15, 0.2) is 18.2 Å². The van der Waals surface area contributed by atoms with E-state index in [4.69, 9.17) is 5.26 Å². The van der Waals surface area contributed by atoms with Crippen molar-refractivity contribution in [2.24, 2.45) is 0 Å². The van der Waals surface area contributed by atoms with E-state index in [0.29, 0.717) is 5.69 Å². The molecule has 2 rings (SSSR count). The average molecular weight is 289 g/mol. The van der Waals surface area contributed by atoms with Crippen LogP contribution in [0.25, 0.3) is 0 Å². The lowest BCUT2D eigenvalue weighted by molar-refractivity contribution is -0.122. The van der Waals surface area contributed by atoms with Gasteiger partial charge in [-0.3, -0.25) is 4.79 Å². The number of halogens is 1. The summed E-state index contributed by atoms with van der Waals surface area (Å²) in [7, 11) is 0. The van der Waals surface area contributed by atoms with Crippen molar-refractivity contribution in [3.63, 3.8) is 0 Å². The number of nitrogens with zero attached hydrogens (tertiary/aromatic N) is 1. The Morgan fingerprint density at radius 3 is 2.76 bits per heavy atom. The second-order valence-electron chi connectivity index (χ2n) is 5.52. The first kappa shape index (κ1) is 15.3. The van der Waals surface area contributed by atoms with Crippen molar-refractivity contribution in [3.8, 4) is 6.07 Å².